The van der Waals surface area contributed by atoms with Gasteiger partial charge in [-0.15, -0.1) is 0 Å². The molecule has 3 heterocycles. The van der Waals surface area contributed by atoms with E-state index in [0.717, 1.165) is 22.3 Å². The van der Waals surface area contributed by atoms with Crippen molar-refractivity contribution in [2.24, 2.45) is 0 Å². The zero-order valence-corrected chi connectivity index (χ0v) is 25.8. The highest BCUT2D eigenvalue weighted by Gasteiger charge is 2.37. The average Bonchev–Trinajstić information content (AvgIpc) is 3.35. The van der Waals surface area contributed by atoms with E-state index in [9.17, 15) is 0 Å². The van der Waals surface area contributed by atoms with Crippen LogP contribution in [0.2, 0.25) is 0 Å². The molecule has 1 aliphatic carbocycles. The summed E-state index contributed by atoms with van der Waals surface area (Å²) < 4.78 is 13.3. The van der Waals surface area contributed by atoms with Crippen molar-refractivity contribution in [1.82, 2.24) is 19.9 Å². The van der Waals surface area contributed by atoms with Crippen LogP contribution in [0.5, 0.6) is 23.0 Å². The Balaban J connectivity index is 1.18. The number of fused-ring (bicyclic) bond motifs is 5. The Morgan fingerprint density at radius 2 is 1.15 bits per heavy atom. The van der Waals surface area contributed by atoms with Crippen molar-refractivity contribution in [2.75, 3.05) is 0 Å². The lowest BCUT2D eigenvalue weighted by molar-refractivity contribution is 0.360. The molecular formula is C41H28N4O2. The van der Waals surface area contributed by atoms with Crippen molar-refractivity contribution in [3.63, 3.8) is 0 Å². The fourth-order valence-corrected chi connectivity index (χ4v) is 6.74. The maximum Gasteiger partial charge on any atom is 0.182 e. The van der Waals surface area contributed by atoms with E-state index in [-0.39, 0.29) is 5.41 Å². The van der Waals surface area contributed by atoms with E-state index in [1.807, 2.05) is 78.9 Å². The molecule has 6 nitrogen and oxygen atoms in total. The second kappa shape index (κ2) is 10.5. The number of nitrogens with zero attached hydrogens (tertiary/aromatic N) is 4. The molecule has 0 bridgehead atoms. The minimum absolute atomic E-state index is 0.136. The van der Waals surface area contributed by atoms with E-state index in [1.165, 1.54) is 22.3 Å². The first-order valence-electron chi connectivity index (χ1n) is 15.6. The van der Waals surface area contributed by atoms with Crippen LogP contribution in [0.4, 0.5) is 0 Å². The molecular weight excluding hydrogens is 580 g/mol. The number of hydrogen-bond donors (Lipinski definition) is 0. The van der Waals surface area contributed by atoms with Crippen LogP contribution in [-0.2, 0) is 5.41 Å². The first kappa shape index (κ1) is 27.2. The summed E-state index contributed by atoms with van der Waals surface area (Å²) >= 11 is 0. The molecule has 5 aromatic carbocycles. The van der Waals surface area contributed by atoms with Gasteiger partial charge < -0.3 is 9.47 Å². The number of aromatic nitrogens is 4. The van der Waals surface area contributed by atoms with Crippen molar-refractivity contribution < 1.29 is 9.47 Å². The molecule has 0 saturated heterocycles. The van der Waals surface area contributed by atoms with Gasteiger partial charge in [0.1, 0.15) is 5.69 Å². The maximum absolute atomic E-state index is 6.76. The molecule has 47 heavy (non-hydrogen) atoms. The molecule has 0 atom stereocenters. The van der Waals surface area contributed by atoms with Crippen molar-refractivity contribution in [2.45, 2.75) is 19.3 Å². The highest BCUT2D eigenvalue weighted by molar-refractivity contribution is 5.88. The maximum atomic E-state index is 6.76. The van der Waals surface area contributed by atoms with Gasteiger partial charge in [-0.05, 0) is 58.1 Å². The van der Waals surface area contributed by atoms with Gasteiger partial charge in [0, 0.05) is 28.3 Å². The van der Waals surface area contributed by atoms with Crippen molar-refractivity contribution in [3.8, 4) is 79.5 Å². The number of ether oxygens (including phenoxy) is 2. The second-order valence-corrected chi connectivity index (χ2v) is 12.3. The molecule has 0 radical (unpaired) electrons. The summed E-state index contributed by atoms with van der Waals surface area (Å²) in [6.07, 6.45) is 1.75. The molecule has 0 fully saturated rings. The molecule has 9 rings (SSSR count). The smallest absolute Gasteiger partial charge is 0.182 e. The van der Waals surface area contributed by atoms with E-state index in [2.05, 4.69) is 67.4 Å². The molecule has 1 aliphatic heterocycles. The minimum atomic E-state index is -0.136. The van der Waals surface area contributed by atoms with Crippen LogP contribution in [0.3, 0.4) is 0 Å². The molecule has 0 spiro atoms. The van der Waals surface area contributed by atoms with Crippen LogP contribution in [0, 0.1) is 0 Å². The van der Waals surface area contributed by atoms with Gasteiger partial charge in [0.2, 0.25) is 0 Å². The number of para-hydroxylation sites is 1. The normalized spacial score (nSPS) is 13.4. The molecule has 0 unspecified atom stereocenters. The number of hydrogen-bond acceptors (Lipinski definition) is 6. The quantitative estimate of drug-likeness (QED) is 0.198. The summed E-state index contributed by atoms with van der Waals surface area (Å²) in [6, 6.07) is 42.6. The summed E-state index contributed by atoms with van der Waals surface area (Å²) in [4.78, 5) is 19.3. The average molecular weight is 609 g/mol. The number of benzene rings is 5. The predicted octanol–water partition coefficient (Wildman–Crippen LogP) is 10.1. The van der Waals surface area contributed by atoms with Crippen LogP contribution < -0.4 is 9.47 Å². The van der Waals surface area contributed by atoms with Gasteiger partial charge in [0.15, 0.2) is 40.5 Å². The Morgan fingerprint density at radius 3 is 1.98 bits per heavy atom. The lowest BCUT2D eigenvalue weighted by Gasteiger charge is -2.26. The van der Waals surface area contributed by atoms with Gasteiger partial charge in [-0.2, -0.15) is 0 Å². The van der Waals surface area contributed by atoms with Crippen molar-refractivity contribution in [3.05, 3.63) is 145 Å². The molecule has 0 N–H and O–H groups in total. The van der Waals surface area contributed by atoms with Crippen molar-refractivity contribution in [1.29, 1.82) is 0 Å². The topological polar surface area (TPSA) is 70.0 Å². The molecule has 224 valence electrons. The summed E-state index contributed by atoms with van der Waals surface area (Å²) in [5, 5.41) is 0. The van der Waals surface area contributed by atoms with Crippen LogP contribution in [0.15, 0.2) is 134 Å². The first-order chi connectivity index (χ1) is 23.0. The SMILES string of the molecule is CC1(C)c2ccccc2-c2cc3c(cc21)Oc1cccc(-c2ccccc2-c2nc(-c4ccccc4)nc(-c4ccccn4)n2)c1O3. The first-order valence-corrected chi connectivity index (χ1v) is 15.6. The highest BCUT2D eigenvalue weighted by atomic mass is 16.6. The molecule has 6 heteroatoms. The van der Waals surface area contributed by atoms with Crippen LogP contribution in [-0.4, -0.2) is 19.9 Å². The molecule has 7 aromatic rings. The standard InChI is InChI=1S/C41H28N4O2/c1-41(2)31-19-9-8-16-27(31)30-23-35-36(24-32(30)41)46-34-21-12-18-28(37(34)47-35)26-15-6-7-17-29(26)39-43-38(25-13-4-3-5-14-25)44-40(45-39)33-20-10-11-22-42-33/h3-24H,1-2H3. The second-order valence-electron chi connectivity index (χ2n) is 12.3. The Morgan fingerprint density at radius 1 is 0.468 bits per heavy atom. The number of pyridine rings is 1. The van der Waals surface area contributed by atoms with E-state index in [4.69, 9.17) is 24.4 Å². The Labute approximate surface area is 272 Å². The monoisotopic (exact) mass is 608 g/mol. The van der Waals surface area contributed by atoms with Crippen molar-refractivity contribution >= 4 is 0 Å². The van der Waals surface area contributed by atoms with E-state index >= 15 is 0 Å². The van der Waals surface area contributed by atoms with E-state index < -0.39 is 0 Å². The molecule has 0 amide bonds. The van der Waals surface area contributed by atoms with Crippen LogP contribution in [0.1, 0.15) is 25.0 Å². The number of rotatable bonds is 4. The van der Waals surface area contributed by atoms with E-state index in [0.29, 0.717) is 46.2 Å². The highest BCUT2D eigenvalue weighted by Crippen LogP contribution is 2.56. The predicted molar refractivity (Wildman–Crippen MR) is 184 cm³/mol. The third-order valence-electron chi connectivity index (χ3n) is 9.08. The van der Waals surface area contributed by atoms with Gasteiger partial charge >= 0.3 is 0 Å². The molecule has 0 saturated carbocycles. The fraction of sp³-hybridized carbons (Fsp3) is 0.0732. The molecule has 2 aromatic heterocycles. The zero-order valence-electron chi connectivity index (χ0n) is 25.8. The van der Waals surface area contributed by atoms with Gasteiger partial charge in [0.25, 0.3) is 0 Å². The summed E-state index contributed by atoms with van der Waals surface area (Å²) in [5.41, 5.74) is 9.03. The molecule has 2 aliphatic rings. The zero-order chi connectivity index (χ0) is 31.5. The van der Waals surface area contributed by atoms with E-state index in [1.54, 1.807) is 6.20 Å². The third-order valence-corrected chi connectivity index (χ3v) is 9.08. The summed E-state index contributed by atoms with van der Waals surface area (Å²) in [7, 11) is 0. The summed E-state index contributed by atoms with van der Waals surface area (Å²) in [6.45, 7) is 4.53. The van der Waals surface area contributed by atoms with Crippen LogP contribution >= 0.6 is 0 Å². The summed E-state index contributed by atoms with van der Waals surface area (Å²) in [5.74, 6) is 4.34. The third kappa shape index (κ3) is 4.41. The van der Waals surface area contributed by atoms with Crippen LogP contribution in [0.25, 0.3) is 56.5 Å². The van der Waals surface area contributed by atoms with Gasteiger partial charge in [-0.1, -0.05) is 111 Å². The largest absolute Gasteiger partial charge is 0.449 e. The Bertz CT molecular complexity index is 2280. The fourth-order valence-electron chi connectivity index (χ4n) is 6.74. The van der Waals surface area contributed by atoms with Gasteiger partial charge in [-0.3, -0.25) is 4.98 Å². The Kier molecular flexibility index (Phi) is 6.05. The van der Waals surface area contributed by atoms with Gasteiger partial charge in [-0.25, -0.2) is 15.0 Å². The van der Waals surface area contributed by atoms with Gasteiger partial charge in [0.05, 0.1) is 0 Å². The lowest BCUT2D eigenvalue weighted by atomic mass is 9.82. The minimum Gasteiger partial charge on any atom is -0.449 e. The Hall–Kier alpha value is -6.14. The lowest BCUT2D eigenvalue weighted by Crippen LogP contribution is -2.15.